The van der Waals surface area contributed by atoms with Gasteiger partial charge in [-0.1, -0.05) is 13.3 Å². The van der Waals surface area contributed by atoms with Gasteiger partial charge in [-0.2, -0.15) is 0 Å². The van der Waals surface area contributed by atoms with Crippen LogP contribution in [0.1, 0.15) is 33.6 Å². The Kier molecular flexibility index (Phi) is 8.33. The summed E-state index contributed by atoms with van der Waals surface area (Å²) < 4.78 is 5.51. The molecule has 0 aromatic carbocycles. The Morgan fingerprint density at radius 1 is 1.40 bits per heavy atom. The Bertz CT molecular complexity index is 174. The number of unbranched alkanes of at least 4 members (excludes halogenated alkanes) is 1. The van der Waals surface area contributed by atoms with Crippen molar-refractivity contribution in [3.8, 4) is 0 Å². The SMILES string of the molecule is CCCCNC(=O)C(C)OC(C)CNC. The minimum absolute atomic E-state index is 0.0218. The van der Waals surface area contributed by atoms with Gasteiger partial charge in [0.15, 0.2) is 0 Å². The van der Waals surface area contributed by atoms with Crippen molar-refractivity contribution in [2.24, 2.45) is 0 Å². The van der Waals surface area contributed by atoms with E-state index in [1.165, 1.54) is 0 Å². The van der Waals surface area contributed by atoms with Crippen molar-refractivity contribution in [1.29, 1.82) is 0 Å². The van der Waals surface area contributed by atoms with E-state index >= 15 is 0 Å². The van der Waals surface area contributed by atoms with E-state index in [9.17, 15) is 4.79 Å². The zero-order valence-corrected chi connectivity index (χ0v) is 10.3. The third-order valence-electron chi connectivity index (χ3n) is 2.13. The molecule has 4 heteroatoms. The smallest absolute Gasteiger partial charge is 0.248 e. The molecule has 2 N–H and O–H groups in total. The highest BCUT2D eigenvalue weighted by atomic mass is 16.5. The van der Waals surface area contributed by atoms with Crippen LogP contribution < -0.4 is 10.6 Å². The van der Waals surface area contributed by atoms with Crippen LogP contribution in [0.4, 0.5) is 0 Å². The molecule has 0 aliphatic rings. The zero-order chi connectivity index (χ0) is 11.7. The molecule has 0 spiro atoms. The van der Waals surface area contributed by atoms with Crippen molar-refractivity contribution in [3.05, 3.63) is 0 Å². The summed E-state index contributed by atoms with van der Waals surface area (Å²) in [6, 6.07) is 0. The Hall–Kier alpha value is -0.610. The van der Waals surface area contributed by atoms with Crippen LogP contribution in [0, 0.1) is 0 Å². The van der Waals surface area contributed by atoms with Gasteiger partial charge in [-0.25, -0.2) is 0 Å². The molecule has 0 aliphatic carbocycles. The maximum Gasteiger partial charge on any atom is 0.248 e. The first-order chi connectivity index (χ1) is 7.11. The van der Waals surface area contributed by atoms with Crippen molar-refractivity contribution in [2.75, 3.05) is 20.1 Å². The molecule has 0 aliphatic heterocycles. The fourth-order valence-electron chi connectivity index (χ4n) is 1.28. The highest BCUT2D eigenvalue weighted by molar-refractivity contribution is 5.80. The summed E-state index contributed by atoms with van der Waals surface area (Å²) in [6.07, 6.45) is 1.79. The molecule has 2 unspecified atom stereocenters. The lowest BCUT2D eigenvalue weighted by molar-refractivity contribution is -0.134. The van der Waals surface area contributed by atoms with Crippen molar-refractivity contribution in [3.63, 3.8) is 0 Å². The van der Waals surface area contributed by atoms with Gasteiger partial charge in [0.25, 0.3) is 0 Å². The Labute approximate surface area is 92.8 Å². The Morgan fingerprint density at radius 2 is 2.07 bits per heavy atom. The molecule has 90 valence electrons. The standard InChI is InChI=1S/C11H24N2O2/c1-5-6-7-13-11(14)10(3)15-9(2)8-12-4/h9-10,12H,5-8H2,1-4H3,(H,13,14). The molecule has 15 heavy (non-hydrogen) atoms. The van der Waals surface area contributed by atoms with Gasteiger partial charge in [0.2, 0.25) is 5.91 Å². The van der Waals surface area contributed by atoms with E-state index in [0.717, 1.165) is 25.9 Å². The summed E-state index contributed by atoms with van der Waals surface area (Å²) in [6.45, 7) is 7.33. The van der Waals surface area contributed by atoms with Gasteiger partial charge in [0, 0.05) is 13.1 Å². The molecular formula is C11H24N2O2. The summed E-state index contributed by atoms with van der Waals surface area (Å²) >= 11 is 0. The minimum Gasteiger partial charge on any atom is -0.364 e. The fourth-order valence-corrected chi connectivity index (χ4v) is 1.28. The van der Waals surface area contributed by atoms with E-state index in [4.69, 9.17) is 4.74 Å². The monoisotopic (exact) mass is 216 g/mol. The Balaban J connectivity index is 3.68. The van der Waals surface area contributed by atoms with Gasteiger partial charge in [-0.05, 0) is 27.3 Å². The molecular weight excluding hydrogens is 192 g/mol. The number of nitrogens with one attached hydrogen (secondary N) is 2. The largest absolute Gasteiger partial charge is 0.364 e. The lowest BCUT2D eigenvalue weighted by Gasteiger charge is -2.18. The van der Waals surface area contributed by atoms with E-state index in [-0.39, 0.29) is 18.1 Å². The van der Waals surface area contributed by atoms with Crippen LogP contribution in [-0.4, -0.2) is 38.3 Å². The normalized spacial score (nSPS) is 14.7. The summed E-state index contributed by atoms with van der Waals surface area (Å²) in [7, 11) is 1.87. The molecule has 0 saturated carbocycles. The molecule has 0 aromatic rings. The van der Waals surface area contributed by atoms with Gasteiger partial charge in [0.1, 0.15) is 6.10 Å². The van der Waals surface area contributed by atoms with E-state index < -0.39 is 0 Å². The molecule has 0 radical (unpaired) electrons. The number of hydrogen-bond donors (Lipinski definition) is 2. The third-order valence-corrected chi connectivity index (χ3v) is 2.13. The highest BCUT2D eigenvalue weighted by Gasteiger charge is 2.15. The minimum atomic E-state index is -0.370. The predicted molar refractivity (Wildman–Crippen MR) is 61.9 cm³/mol. The molecule has 2 atom stereocenters. The average Bonchev–Trinajstić information content (AvgIpc) is 2.18. The molecule has 0 saturated heterocycles. The quantitative estimate of drug-likeness (QED) is 0.593. The number of carbonyl (C=O) groups is 1. The van der Waals surface area contributed by atoms with Crippen LogP contribution in [0.2, 0.25) is 0 Å². The third kappa shape index (κ3) is 7.33. The van der Waals surface area contributed by atoms with Crippen LogP contribution in [0.25, 0.3) is 0 Å². The number of rotatable bonds is 8. The second-order valence-corrected chi connectivity index (χ2v) is 3.79. The van der Waals surface area contributed by atoms with Gasteiger partial charge in [-0.3, -0.25) is 4.79 Å². The number of hydrogen-bond acceptors (Lipinski definition) is 3. The maximum atomic E-state index is 11.5. The maximum absolute atomic E-state index is 11.5. The van der Waals surface area contributed by atoms with Crippen LogP contribution in [0.3, 0.4) is 0 Å². The molecule has 0 fully saturated rings. The van der Waals surface area contributed by atoms with E-state index in [2.05, 4.69) is 17.6 Å². The molecule has 4 nitrogen and oxygen atoms in total. The first kappa shape index (κ1) is 14.4. The second-order valence-electron chi connectivity index (χ2n) is 3.79. The van der Waals surface area contributed by atoms with E-state index in [1.54, 1.807) is 6.92 Å². The average molecular weight is 216 g/mol. The summed E-state index contributed by atoms with van der Waals surface area (Å²) in [5, 5.41) is 5.85. The van der Waals surface area contributed by atoms with Crippen molar-refractivity contribution in [1.82, 2.24) is 10.6 Å². The van der Waals surface area contributed by atoms with E-state index in [1.807, 2.05) is 14.0 Å². The van der Waals surface area contributed by atoms with Crippen LogP contribution in [0.5, 0.6) is 0 Å². The Morgan fingerprint density at radius 3 is 2.60 bits per heavy atom. The summed E-state index contributed by atoms with van der Waals surface area (Å²) in [5.74, 6) is -0.0218. The number of amides is 1. The highest BCUT2D eigenvalue weighted by Crippen LogP contribution is 1.97. The number of ether oxygens (including phenoxy) is 1. The topological polar surface area (TPSA) is 50.4 Å². The van der Waals surface area contributed by atoms with Gasteiger partial charge >= 0.3 is 0 Å². The zero-order valence-electron chi connectivity index (χ0n) is 10.3. The van der Waals surface area contributed by atoms with Crippen LogP contribution in [-0.2, 0) is 9.53 Å². The fraction of sp³-hybridized carbons (Fsp3) is 0.909. The van der Waals surface area contributed by atoms with Gasteiger partial charge < -0.3 is 15.4 Å². The van der Waals surface area contributed by atoms with Crippen molar-refractivity contribution >= 4 is 5.91 Å². The van der Waals surface area contributed by atoms with Crippen LogP contribution in [0.15, 0.2) is 0 Å². The van der Waals surface area contributed by atoms with Crippen molar-refractivity contribution < 1.29 is 9.53 Å². The van der Waals surface area contributed by atoms with Crippen molar-refractivity contribution in [2.45, 2.75) is 45.8 Å². The second kappa shape index (κ2) is 8.68. The lowest BCUT2D eigenvalue weighted by atomic mass is 10.3. The first-order valence-electron chi connectivity index (χ1n) is 5.69. The molecule has 0 heterocycles. The van der Waals surface area contributed by atoms with E-state index in [0.29, 0.717) is 0 Å². The first-order valence-corrected chi connectivity index (χ1v) is 5.69. The molecule has 0 bridgehead atoms. The van der Waals surface area contributed by atoms with Crippen LogP contribution >= 0.6 is 0 Å². The predicted octanol–water partition coefficient (Wildman–Crippen LogP) is 0.916. The molecule has 0 rings (SSSR count). The number of likely N-dealkylation sites (N-methyl/N-ethyl adjacent to an activating group) is 1. The molecule has 0 aromatic heterocycles. The number of carbonyl (C=O) groups excluding carboxylic acids is 1. The lowest BCUT2D eigenvalue weighted by Crippen LogP contribution is -2.38. The van der Waals surface area contributed by atoms with Gasteiger partial charge in [-0.15, -0.1) is 0 Å². The molecule has 1 amide bonds. The van der Waals surface area contributed by atoms with Gasteiger partial charge in [0.05, 0.1) is 6.10 Å². The summed E-state index contributed by atoms with van der Waals surface area (Å²) in [5.41, 5.74) is 0. The summed E-state index contributed by atoms with van der Waals surface area (Å²) in [4.78, 5) is 11.5.